The van der Waals surface area contributed by atoms with Gasteiger partial charge >= 0.3 is 5.97 Å². The van der Waals surface area contributed by atoms with E-state index < -0.39 is 16.7 Å². The summed E-state index contributed by atoms with van der Waals surface area (Å²) in [6.07, 6.45) is 0. The first-order valence-electron chi connectivity index (χ1n) is 5.84. The Kier molecular flexibility index (Phi) is 4.64. The second kappa shape index (κ2) is 6.45. The number of hydrogen-bond donors (Lipinski definition) is 0. The molecular weight excluding hydrogens is 345 g/mol. The Balaban J connectivity index is 2.16. The largest absolute Gasteiger partial charge is 0.457 e. The third kappa shape index (κ3) is 3.43. The summed E-state index contributed by atoms with van der Waals surface area (Å²) < 4.78 is 18.4. The molecule has 0 bridgehead atoms. The zero-order chi connectivity index (χ0) is 15.4. The second-order valence-electron chi connectivity index (χ2n) is 4.06. The predicted octanol–water partition coefficient (Wildman–Crippen LogP) is 3.85. The van der Waals surface area contributed by atoms with Crippen LogP contribution in [0, 0.1) is 15.9 Å². The van der Waals surface area contributed by atoms with Crippen molar-refractivity contribution >= 4 is 27.6 Å². The summed E-state index contributed by atoms with van der Waals surface area (Å²) in [5.74, 6) is -1.25. The minimum atomic E-state index is -0.770. The zero-order valence-electron chi connectivity index (χ0n) is 10.6. The van der Waals surface area contributed by atoms with E-state index in [2.05, 4.69) is 15.9 Å². The first kappa shape index (κ1) is 15.1. The van der Waals surface area contributed by atoms with Crippen LogP contribution >= 0.6 is 15.9 Å². The van der Waals surface area contributed by atoms with Crippen LogP contribution in [0.2, 0.25) is 0 Å². The standard InChI is InChI=1S/C14H9BrFNO4/c15-13-10(5-3-7-12(13)17(19)20)14(18)21-8-9-4-1-2-6-11(9)16/h1-7H,8H2. The zero-order valence-corrected chi connectivity index (χ0v) is 12.2. The summed E-state index contributed by atoms with van der Waals surface area (Å²) in [5, 5.41) is 10.8. The van der Waals surface area contributed by atoms with Gasteiger partial charge < -0.3 is 4.74 Å². The minimum absolute atomic E-state index is 0.0144. The molecule has 108 valence electrons. The lowest BCUT2D eigenvalue weighted by Gasteiger charge is -2.07. The number of carbonyl (C=O) groups excluding carboxylic acids is 1. The SMILES string of the molecule is O=C(OCc1ccccc1F)c1cccc([N+](=O)[O-])c1Br. The molecule has 0 aliphatic heterocycles. The van der Waals surface area contributed by atoms with Crippen molar-refractivity contribution in [2.45, 2.75) is 6.61 Å². The maximum atomic E-state index is 13.4. The first-order valence-corrected chi connectivity index (χ1v) is 6.63. The van der Waals surface area contributed by atoms with Crippen molar-refractivity contribution in [3.05, 3.63) is 74.0 Å². The fourth-order valence-corrected chi connectivity index (χ4v) is 2.23. The van der Waals surface area contributed by atoms with Gasteiger partial charge in [0.2, 0.25) is 0 Å². The number of esters is 1. The minimum Gasteiger partial charge on any atom is -0.457 e. The van der Waals surface area contributed by atoms with Crippen molar-refractivity contribution in [2.24, 2.45) is 0 Å². The van der Waals surface area contributed by atoms with Crippen LogP contribution in [-0.4, -0.2) is 10.9 Å². The van der Waals surface area contributed by atoms with Gasteiger partial charge in [0.05, 0.1) is 10.5 Å². The van der Waals surface area contributed by atoms with Crippen LogP contribution in [0.15, 0.2) is 46.9 Å². The van der Waals surface area contributed by atoms with E-state index in [1.807, 2.05) is 0 Å². The van der Waals surface area contributed by atoms with Crippen molar-refractivity contribution in [1.29, 1.82) is 0 Å². The number of ether oxygens (including phenoxy) is 1. The van der Waals surface area contributed by atoms with E-state index in [0.717, 1.165) is 0 Å². The maximum absolute atomic E-state index is 13.4. The molecule has 7 heteroatoms. The van der Waals surface area contributed by atoms with Gasteiger partial charge in [-0.2, -0.15) is 0 Å². The van der Waals surface area contributed by atoms with Gasteiger partial charge in [-0.15, -0.1) is 0 Å². The molecule has 0 N–H and O–H groups in total. The fourth-order valence-electron chi connectivity index (χ4n) is 1.65. The van der Waals surface area contributed by atoms with Gasteiger partial charge in [-0.1, -0.05) is 24.3 Å². The van der Waals surface area contributed by atoms with E-state index in [4.69, 9.17) is 4.74 Å². The fraction of sp³-hybridized carbons (Fsp3) is 0.0714. The molecule has 2 aromatic carbocycles. The molecule has 0 aliphatic carbocycles. The van der Waals surface area contributed by atoms with Gasteiger partial charge in [-0.05, 0) is 28.1 Å². The summed E-state index contributed by atoms with van der Waals surface area (Å²) in [7, 11) is 0. The third-order valence-corrected chi connectivity index (χ3v) is 3.54. The smallest absolute Gasteiger partial charge is 0.339 e. The average molecular weight is 354 g/mol. The quantitative estimate of drug-likeness (QED) is 0.475. The molecule has 0 atom stereocenters. The predicted molar refractivity (Wildman–Crippen MR) is 76.3 cm³/mol. The number of nitro benzene ring substituents is 1. The van der Waals surface area contributed by atoms with E-state index in [-0.39, 0.29) is 27.9 Å². The van der Waals surface area contributed by atoms with Gasteiger partial charge in [0.25, 0.3) is 5.69 Å². The molecule has 21 heavy (non-hydrogen) atoms. The number of nitrogens with zero attached hydrogens (tertiary/aromatic N) is 1. The summed E-state index contributed by atoms with van der Waals surface area (Å²) >= 11 is 3.01. The lowest BCUT2D eigenvalue weighted by atomic mass is 10.2. The summed E-state index contributed by atoms with van der Waals surface area (Å²) in [6, 6.07) is 9.92. The summed E-state index contributed by atoms with van der Waals surface area (Å²) in [4.78, 5) is 22.1. The molecule has 0 heterocycles. The molecular formula is C14H9BrFNO4. The molecule has 2 rings (SSSR count). The summed E-state index contributed by atoms with van der Waals surface area (Å²) in [6.45, 7) is -0.249. The molecule has 5 nitrogen and oxygen atoms in total. The normalized spacial score (nSPS) is 10.2. The Labute approximate surface area is 127 Å². The number of nitro groups is 1. The highest BCUT2D eigenvalue weighted by Gasteiger charge is 2.20. The molecule has 0 saturated carbocycles. The number of carbonyl (C=O) groups is 1. The molecule has 0 aromatic heterocycles. The van der Waals surface area contributed by atoms with Crippen LogP contribution in [-0.2, 0) is 11.3 Å². The molecule has 0 fully saturated rings. The van der Waals surface area contributed by atoms with Gasteiger partial charge in [0, 0.05) is 11.6 Å². The van der Waals surface area contributed by atoms with Crippen LogP contribution in [0.3, 0.4) is 0 Å². The highest BCUT2D eigenvalue weighted by Crippen LogP contribution is 2.28. The van der Waals surface area contributed by atoms with E-state index in [1.54, 1.807) is 6.07 Å². The molecule has 0 unspecified atom stereocenters. The monoisotopic (exact) mass is 353 g/mol. The van der Waals surface area contributed by atoms with E-state index in [1.165, 1.54) is 36.4 Å². The number of hydrogen-bond acceptors (Lipinski definition) is 4. The van der Waals surface area contributed by atoms with Gasteiger partial charge in [0.1, 0.15) is 16.9 Å². The lowest BCUT2D eigenvalue weighted by Crippen LogP contribution is -2.08. The molecule has 0 aliphatic rings. The Hall–Kier alpha value is -2.28. The topological polar surface area (TPSA) is 69.4 Å². The van der Waals surface area contributed by atoms with Crippen LogP contribution in [0.5, 0.6) is 0 Å². The number of rotatable bonds is 4. The van der Waals surface area contributed by atoms with E-state index in [9.17, 15) is 19.3 Å². The number of benzene rings is 2. The van der Waals surface area contributed by atoms with E-state index >= 15 is 0 Å². The molecule has 0 radical (unpaired) electrons. The average Bonchev–Trinajstić information content (AvgIpc) is 2.46. The van der Waals surface area contributed by atoms with Crippen molar-refractivity contribution in [3.63, 3.8) is 0 Å². The van der Waals surface area contributed by atoms with E-state index in [0.29, 0.717) is 0 Å². The Morgan fingerprint density at radius 3 is 2.62 bits per heavy atom. The van der Waals surface area contributed by atoms with Crippen LogP contribution in [0.25, 0.3) is 0 Å². The maximum Gasteiger partial charge on any atom is 0.339 e. The van der Waals surface area contributed by atoms with Crippen LogP contribution in [0.4, 0.5) is 10.1 Å². The highest BCUT2D eigenvalue weighted by atomic mass is 79.9. The summed E-state index contributed by atoms with van der Waals surface area (Å²) in [5.41, 5.74) is 0.00304. The van der Waals surface area contributed by atoms with Crippen LogP contribution < -0.4 is 0 Å². The Bertz CT molecular complexity index is 705. The van der Waals surface area contributed by atoms with Gasteiger partial charge in [0.15, 0.2) is 0 Å². The molecule has 0 spiro atoms. The second-order valence-corrected chi connectivity index (χ2v) is 4.86. The first-order chi connectivity index (χ1) is 10.0. The number of halogens is 2. The van der Waals surface area contributed by atoms with Crippen molar-refractivity contribution in [3.8, 4) is 0 Å². The highest BCUT2D eigenvalue weighted by molar-refractivity contribution is 9.10. The van der Waals surface area contributed by atoms with Crippen molar-refractivity contribution < 1.29 is 18.8 Å². The van der Waals surface area contributed by atoms with Crippen molar-refractivity contribution in [1.82, 2.24) is 0 Å². The third-order valence-electron chi connectivity index (χ3n) is 2.71. The van der Waals surface area contributed by atoms with Crippen LogP contribution in [0.1, 0.15) is 15.9 Å². The Morgan fingerprint density at radius 2 is 1.95 bits per heavy atom. The molecule has 0 amide bonds. The molecule has 2 aromatic rings. The van der Waals surface area contributed by atoms with Crippen molar-refractivity contribution in [2.75, 3.05) is 0 Å². The molecule has 0 saturated heterocycles. The Morgan fingerprint density at radius 1 is 1.24 bits per heavy atom. The van der Waals surface area contributed by atoms with Gasteiger partial charge in [-0.3, -0.25) is 10.1 Å². The lowest BCUT2D eigenvalue weighted by molar-refractivity contribution is -0.385. The van der Waals surface area contributed by atoms with Gasteiger partial charge in [-0.25, -0.2) is 9.18 Å².